The SMILES string of the molecule is Cc1cc(NC(=O)C2(C)Sc3ccccc3N(C)C2=O)n(C)n1. The molecule has 0 saturated heterocycles. The normalized spacial score (nSPS) is 20.3. The molecular formula is C16H18N4O2S. The first-order valence-corrected chi connectivity index (χ1v) is 8.03. The summed E-state index contributed by atoms with van der Waals surface area (Å²) in [6.07, 6.45) is 0. The lowest BCUT2D eigenvalue weighted by Gasteiger charge is -2.36. The van der Waals surface area contributed by atoms with Gasteiger partial charge in [-0.2, -0.15) is 5.10 Å². The largest absolute Gasteiger partial charge is 0.313 e. The number of thioether (sulfide) groups is 1. The third-order valence-corrected chi connectivity index (χ3v) is 5.26. The van der Waals surface area contributed by atoms with Crippen molar-refractivity contribution in [2.45, 2.75) is 23.5 Å². The maximum atomic E-state index is 12.8. The van der Waals surface area contributed by atoms with Crippen LogP contribution >= 0.6 is 11.8 Å². The predicted molar refractivity (Wildman–Crippen MR) is 90.7 cm³/mol. The maximum Gasteiger partial charge on any atom is 0.252 e. The van der Waals surface area contributed by atoms with Crippen molar-refractivity contribution in [3.8, 4) is 0 Å². The lowest BCUT2D eigenvalue weighted by molar-refractivity contribution is -0.128. The van der Waals surface area contributed by atoms with Crippen LogP contribution in [0, 0.1) is 6.92 Å². The Balaban J connectivity index is 1.93. The van der Waals surface area contributed by atoms with Crippen LogP contribution < -0.4 is 10.2 Å². The van der Waals surface area contributed by atoms with Gasteiger partial charge in [-0.05, 0) is 26.0 Å². The molecule has 1 atom stereocenters. The number of anilines is 2. The van der Waals surface area contributed by atoms with Crippen LogP contribution in [0.5, 0.6) is 0 Å². The highest BCUT2D eigenvalue weighted by Gasteiger charge is 2.48. The Hall–Kier alpha value is -2.28. The molecular weight excluding hydrogens is 312 g/mol. The third kappa shape index (κ3) is 2.50. The zero-order valence-electron chi connectivity index (χ0n) is 13.5. The molecule has 6 nitrogen and oxygen atoms in total. The third-order valence-electron chi connectivity index (χ3n) is 3.93. The number of carbonyl (C=O) groups excluding carboxylic acids is 2. The monoisotopic (exact) mass is 330 g/mol. The van der Waals surface area contributed by atoms with E-state index < -0.39 is 4.75 Å². The van der Waals surface area contributed by atoms with E-state index in [9.17, 15) is 9.59 Å². The molecule has 2 aromatic rings. The highest BCUT2D eigenvalue weighted by atomic mass is 32.2. The molecule has 2 amide bonds. The van der Waals surface area contributed by atoms with Crippen LogP contribution in [-0.4, -0.2) is 33.4 Å². The molecule has 1 N–H and O–H groups in total. The van der Waals surface area contributed by atoms with E-state index in [4.69, 9.17) is 0 Å². The highest BCUT2D eigenvalue weighted by Crippen LogP contribution is 2.45. The van der Waals surface area contributed by atoms with Crippen LogP contribution in [0.2, 0.25) is 0 Å². The Kier molecular flexibility index (Phi) is 3.68. The van der Waals surface area contributed by atoms with Crippen LogP contribution in [0.1, 0.15) is 12.6 Å². The molecule has 0 radical (unpaired) electrons. The molecule has 1 unspecified atom stereocenters. The van der Waals surface area contributed by atoms with Crippen molar-refractivity contribution in [1.82, 2.24) is 9.78 Å². The van der Waals surface area contributed by atoms with E-state index in [1.54, 1.807) is 36.7 Å². The molecule has 0 bridgehead atoms. The van der Waals surface area contributed by atoms with Gasteiger partial charge in [0.25, 0.3) is 11.8 Å². The zero-order chi connectivity index (χ0) is 16.8. The summed E-state index contributed by atoms with van der Waals surface area (Å²) in [7, 11) is 3.45. The Morgan fingerprint density at radius 3 is 2.65 bits per heavy atom. The van der Waals surface area contributed by atoms with Crippen LogP contribution in [0.3, 0.4) is 0 Å². The van der Waals surface area contributed by atoms with Crippen molar-refractivity contribution < 1.29 is 9.59 Å². The number of rotatable bonds is 2. The molecule has 1 aliphatic rings. The summed E-state index contributed by atoms with van der Waals surface area (Å²) in [5.74, 6) is -0.0157. The fraction of sp³-hybridized carbons (Fsp3) is 0.312. The highest BCUT2D eigenvalue weighted by molar-refractivity contribution is 8.02. The smallest absolute Gasteiger partial charge is 0.252 e. The second-order valence-corrected chi connectivity index (χ2v) is 7.18. The van der Waals surface area contributed by atoms with Gasteiger partial charge in [-0.15, -0.1) is 0 Å². The van der Waals surface area contributed by atoms with Crippen molar-refractivity contribution >= 4 is 35.1 Å². The molecule has 1 aromatic heterocycles. The Bertz CT molecular complexity index is 801. The van der Waals surface area contributed by atoms with Gasteiger partial charge in [0.2, 0.25) is 0 Å². The molecule has 0 saturated carbocycles. The van der Waals surface area contributed by atoms with Crippen LogP contribution in [0.25, 0.3) is 0 Å². The number of amides is 2. The molecule has 3 rings (SSSR count). The summed E-state index contributed by atoms with van der Waals surface area (Å²) >= 11 is 1.28. The summed E-state index contributed by atoms with van der Waals surface area (Å²) in [5.41, 5.74) is 1.63. The van der Waals surface area contributed by atoms with E-state index in [0.29, 0.717) is 5.82 Å². The van der Waals surface area contributed by atoms with Crippen molar-refractivity contribution in [2.75, 3.05) is 17.3 Å². The molecule has 0 spiro atoms. The van der Waals surface area contributed by atoms with Crippen LogP contribution in [-0.2, 0) is 16.6 Å². The molecule has 1 aromatic carbocycles. The number of hydrogen-bond donors (Lipinski definition) is 1. The Morgan fingerprint density at radius 1 is 1.30 bits per heavy atom. The molecule has 0 fully saturated rings. The predicted octanol–water partition coefficient (Wildman–Crippen LogP) is 2.19. The summed E-state index contributed by atoms with van der Waals surface area (Å²) in [5, 5.41) is 7.02. The standard InChI is InChI=1S/C16H18N4O2S/c1-10-9-13(20(4)18-10)17-14(21)16(2)15(22)19(3)11-7-5-6-8-12(11)23-16/h5-9H,1-4H3,(H,17,21). The molecule has 7 heteroatoms. The average molecular weight is 330 g/mol. The number of nitrogens with zero attached hydrogens (tertiary/aromatic N) is 3. The minimum atomic E-state index is -1.22. The van der Waals surface area contributed by atoms with Gasteiger partial charge in [-0.3, -0.25) is 14.3 Å². The summed E-state index contributed by atoms with van der Waals surface area (Å²) in [6.45, 7) is 3.51. The van der Waals surface area contributed by atoms with Crippen molar-refractivity contribution in [2.24, 2.45) is 7.05 Å². The van der Waals surface area contributed by atoms with Gasteiger partial charge in [-0.1, -0.05) is 23.9 Å². The van der Waals surface area contributed by atoms with Gasteiger partial charge in [0.15, 0.2) is 4.75 Å². The average Bonchev–Trinajstić information content (AvgIpc) is 2.82. The van der Waals surface area contributed by atoms with Crippen LogP contribution in [0.4, 0.5) is 11.5 Å². The Morgan fingerprint density at radius 2 is 2.00 bits per heavy atom. The summed E-state index contributed by atoms with van der Waals surface area (Å²) in [4.78, 5) is 28.0. The fourth-order valence-electron chi connectivity index (χ4n) is 2.62. The van der Waals surface area contributed by atoms with Gasteiger partial charge in [0.05, 0.1) is 11.4 Å². The van der Waals surface area contributed by atoms with E-state index in [-0.39, 0.29) is 11.8 Å². The number of nitrogens with one attached hydrogen (secondary N) is 1. The molecule has 2 heterocycles. The first-order chi connectivity index (χ1) is 10.8. The fourth-order valence-corrected chi connectivity index (χ4v) is 3.88. The minimum Gasteiger partial charge on any atom is -0.313 e. The zero-order valence-corrected chi connectivity index (χ0v) is 14.3. The number of fused-ring (bicyclic) bond motifs is 1. The number of carbonyl (C=O) groups is 2. The summed E-state index contributed by atoms with van der Waals surface area (Å²) < 4.78 is 0.369. The van der Waals surface area contributed by atoms with Gasteiger partial charge in [-0.25, -0.2) is 0 Å². The first kappa shape index (κ1) is 15.6. The van der Waals surface area contributed by atoms with Crippen LogP contribution in [0.15, 0.2) is 35.2 Å². The topological polar surface area (TPSA) is 67.2 Å². The van der Waals surface area contributed by atoms with Crippen molar-refractivity contribution in [1.29, 1.82) is 0 Å². The van der Waals surface area contributed by atoms with E-state index in [2.05, 4.69) is 10.4 Å². The lowest BCUT2D eigenvalue weighted by Crippen LogP contribution is -2.53. The van der Waals surface area contributed by atoms with E-state index in [1.165, 1.54) is 11.8 Å². The summed E-state index contributed by atoms with van der Waals surface area (Å²) in [6, 6.07) is 9.35. The van der Waals surface area contributed by atoms with Crippen molar-refractivity contribution in [3.63, 3.8) is 0 Å². The second kappa shape index (κ2) is 5.42. The van der Waals surface area contributed by atoms with Gasteiger partial charge in [0, 0.05) is 25.1 Å². The van der Waals surface area contributed by atoms with Gasteiger partial charge < -0.3 is 10.2 Å². The number of aryl methyl sites for hydroxylation is 2. The number of benzene rings is 1. The number of para-hydroxylation sites is 1. The molecule has 120 valence electrons. The second-order valence-electron chi connectivity index (χ2n) is 5.72. The van der Waals surface area contributed by atoms with Gasteiger partial charge in [0.1, 0.15) is 5.82 Å². The molecule has 0 aliphatic carbocycles. The number of hydrogen-bond acceptors (Lipinski definition) is 4. The molecule has 23 heavy (non-hydrogen) atoms. The van der Waals surface area contributed by atoms with E-state index >= 15 is 0 Å². The quantitative estimate of drug-likeness (QED) is 0.857. The number of aromatic nitrogens is 2. The van der Waals surface area contributed by atoms with E-state index in [0.717, 1.165) is 16.3 Å². The van der Waals surface area contributed by atoms with E-state index in [1.807, 2.05) is 31.2 Å². The molecule has 1 aliphatic heterocycles. The maximum absolute atomic E-state index is 12.8. The Labute approximate surface area is 138 Å². The minimum absolute atomic E-state index is 0.238. The first-order valence-electron chi connectivity index (χ1n) is 7.21. The van der Waals surface area contributed by atoms with Gasteiger partial charge >= 0.3 is 0 Å². The lowest BCUT2D eigenvalue weighted by atomic mass is 10.1. The van der Waals surface area contributed by atoms with Crippen molar-refractivity contribution in [3.05, 3.63) is 36.0 Å².